The van der Waals surface area contributed by atoms with E-state index in [1.165, 1.54) is 12.1 Å². The molecule has 0 heterocycles. The number of aromatic hydroxyl groups is 1. The Morgan fingerprint density at radius 2 is 1.89 bits per heavy atom. The smallest absolute Gasteiger partial charge is 0.408 e. The first-order valence-electron chi connectivity index (χ1n) is 5.55. The van der Waals surface area contributed by atoms with Crippen molar-refractivity contribution in [2.24, 2.45) is 0 Å². The largest absolute Gasteiger partial charge is 0.508 e. The van der Waals surface area contributed by atoms with E-state index < -0.39 is 17.7 Å². The highest BCUT2D eigenvalue weighted by Gasteiger charge is 2.20. The molecule has 0 fully saturated rings. The fraction of sp³-hybridized carbons (Fsp3) is 0.385. The zero-order chi connectivity index (χ0) is 13.8. The van der Waals surface area contributed by atoms with Gasteiger partial charge < -0.3 is 20.0 Å². The molecule has 0 saturated heterocycles. The third-order valence-electron chi connectivity index (χ3n) is 2.06. The molecule has 1 rings (SSSR count). The predicted molar refractivity (Wildman–Crippen MR) is 66.3 cm³/mol. The van der Waals surface area contributed by atoms with Gasteiger partial charge in [0.15, 0.2) is 0 Å². The summed E-state index contributed by atoms with van der Waals surface area (Å²) in [5.41, 5.74) is -0.0411. The molecule has 0 bridgehead atoms. The van der Waals surface area contributed by atoms with Gasteiger partial charge in [0.05, 0.1) is 0 Å². The van der Waals surface area contributed by atoms with Gasteiger partial charge in [-0.3, -0.25) is 0 Å². The highest BCUT2D eigenvalue weighted by Crippen LogP contribution is 2.16. The van der Waals surface area contributed by atoms with Gasteiger partial charge in [-0.2, -0.15) is 0 Å². The highest BCUT2D eigenvalue weighted by molar-refractivity contribution is 5.74. The molecule has 2 N–H and O–H groups in total. The molecule has 0 aliphatic rings. The van der Waals surface area contributed by atoms with Crippen molar-refractivity contribution >= 4 is 12.4 Å². The van der Waals surface area contributed by atoms with Crippen LogP contribution in [-0.4, -0.2) is 23.1 Å². The summed E-state index contributed by atoms with van der Waals surface area (Å²) in [4.78, 5) is 22.5. The molecule has 1 aromatic rings. The highest BCUT2D eigenvalue weighted by atomic mass is 16.6. The summed E-state index contributed by atoms with van der Waals surface area (Å²) in [6.45, 7) is 5.22. The number of ether oxygens (including phenoxy) is 1. The molecule has 0 spiro atoms. The lowest BCUT2D eigenvalue weighted by Crippen LogP contribution is -2.35. The molecule has 0 saturated carbocycles. The summed E-state index contributed by atoms with van der Waals surface area (Å²) in [5, 5.41) is 11.6. The Balaban J connectivity index is 2.71. The molecular weight excluding hydrogens is 234 g/mol. The van der Waals surface area contributed by atoms with E-state index in [1.807, 2.05) is 0 Å². The molecule has 1 atom stereocenters. The fourth-order valence-corrected chi connectivity index (χ4v) is 1.31. The van der Waals surface area contributed by atoms with Gasteiger partial charge >= 0.3 is 6.09 Å². The van der Waals surface area contributed by atoms with Crippen LogP contribution in [0.2, 0.25) is 0 Å². The second-order valence-corrected chi connectivity index (χ2v) is 4.85. The number of phenols is 1. The molecule has 1 unspecified atom stereocenters. The maximum Gasteiger partial charge on any atom is 0.408 e. The normalized spacial score (nSPS) is 12.6. The van der Waals surface area contributed by atoms with E-state index in [4.69, 9.17) is 9.84 Å². The van der Waals surface area contributed by atoms with E-state index >= 15 is 0 Å². The van der Waals surface area contributed by atoms with E-state index in [-0.39, 0.29) is 5.75 Å². The van der Waals surface area contributed by atoms with Crippen molar-refractivity contribution in [3.05, 3.63) is 29.8 Å². The monoisotopic (exact) mass is 251 g/mol. The molecule has 1 amide bonds. The fourth-order valence-electron chi connectivity index (χ4n) is 1.31. The first kappa shape index (κ1) is 14.0. The summed E-state index contributed by atoms with van der Waals surface area (Å²) in [6.07, 6.45) is -0.0521. The van der Waals surface area contributed by atoms with E-state index in [2.05, 4.69) is 5.32 Å². The lowest BCUT2D eigenvalue weighted by atomic mass is 10.1. The third kappa shape index (κ3) is 4.45. The minimum absolute atomic E-state index is 0.0978. The van der Waals surface area contributed by atoms with Crippen LogP contribution in [0.5, 0.6) is 5.75 Å². The topological polar surface area (TPSA) is 75.6 Å². The average Bonchev–Trinajstić information content (AvgIpc) is 2.25. The molecule has 5 nitrogen and oxygen atoms in total. The van der Waals surface area contributed by atoms with Gasteiger partial charge in [-0.25, -0.2) is 4.79 Å². The summed E-state index contributed by atoms with van der Waals surface area (Å²) >= 11 is 0. The van der Waals surface area contributed by atoms with E-state index in [0.717, 1.165) is 0 Å². The predicted octanol–water partition coefficient (Wildman–Crippen LogP) is 2.16. The van der Waals surface area contributed by atoms with Crippen LogP contribution in [0.3, 0.4) is 0 Å². The van der Waals surface area contributed by atoms with Crippen LogP contribution in [0.1, 0.15) is 32.4 Å². The van der Waals surface area contributed by atoms with Crippen molar-refractivity contribution in [3.63, 3.8) is 0 Å². The van der Waals surface area contributed by atoms with Crippen molar-refractivity contribution in [1.29, 1.82) is 0 Å². The van der Waals surface area contributed by atoms with Gasteiger partial charge in [0.2, 0.25) is 0 Å². The van der Waals surface area contributed by atoms with Gasteiger partial charge in [0.25, 0.3) is 0 Å². The molecule has 18 heavy (non-hydrogen) atoms. The molecule has 5 heteroatoms. The van der Waals surface area contributed by atoms with Crippen LogP contribution < -0.4 is 5.32 Å². The number of carbonyl (C=O) groups excluding carboxylic acids is 2. The first-order valence-corrected chi connectivity index (χ1v) is 5.55. The third-order valence-corrected chi connectivity index (χ3v) is 2.06. The Morgan fingerprint density at radius 3 is 2.33 bits per heavy atom. The van der Waals surface area contributed by atoms with Crippen LogP contribution >= 0.6 is 0 Å². The van der Waals surface area contributed by atoms with Crippen LogP contribution in [0.25, 0.3) is 0 Å². The number of aldehydes is 1. The minimum Gasteiger partial charge on any atom is -0.508 e. The SMILES string of the molecule is CC(C)(C)OC(=O)NC(C=O)c1ccc(O)cc1. The number of rotatable bonds is 3. The van der Waals surface area contributed by atoms with Crippen molar-refractivity contribution in [1.82, 2.24) is 5.32 Å². The summed E-state index contributed by atoms with van der Waals surface area (Å²) in [7, 11) is 0. The van der Waals surface area contributed by atoms with Crippen molar-refractivity contribution in [3.8, 4) is 5.75 Å². The quantitative estimate of drug-likeness (QED) is 0.807. The van der Waals surface area contributed by atoms with Crippen LogP contribution in [0.15, 0.2) is 24.3 Å². The number of hydrogen-bond acceptors (Lipinski definition) is 4. The van der Waals surface area contributed by atoms with E-state index in [0.29, 0.717) is 11.8 Å². The molecule has 0 radical (unpaired) electrons. The van der Waals surface area contributed by atoms with Gasteiger partial charge in [-0.15, -0.1) is 0 Å². The lowest BCUT2D eigenvalue weighted by Gasteiger charge is -2.21. The van der Waals surface area contributed by atoms with Gasteiger partial charge in [0.1, 0.15) is 23.7 Å². The van der Waals surface area contributed by atoms with Gasteiger partial charge in [0, 0.05) is 0 Å². The van der Waals surface area contributed by atoms with E-state index in [9.17, 15) is 9.59 Å². The molecule has 1 aromatic carbocycles. The lowest BCUT2D eigenvalue weighted by molar-refractivity contribution is -0.109. The van der Waals surface area contributed by atoms with Crippen molar-refractivity contribution < 1.29 is 19.4 Å². The summed E-state index contributed by atoms with van der Waals surface area (Å²) in [6, 6.07) is 5.23. The van der Waals surface area contributed by atoms with Gasteiger partial charge in [-0.1, -0.05) is 12.1 Å². The van der Waals surface area contributed by atoms with Crippen LogP contribution in [0, 0.1) is 0 Å². The standard InChI is InChI=1S/C13H17NO4/c1-13(2,3)18-12(17)14-11(8-15)9-4-6-10(16)7-5-9/h4-8,11,16H,1-3H3,(H,14,17). The van der Waals surface area contributed by atoms with Crippen molar-refractivity contribution in [2.75, 3.05) is 0 Å². The molecule has 0 aliphatic heterocycles. The zero-order valence-electron chi connectivity index (χ0n) is 10.6. The van der Waals surface area contributed by atoms with Crippen LogP contribution in [0.4, 0.5) is 4.79 Å². The molecule has 0 aromatic heterocycles. The number of amides is 1. The zero-order valence-corrected chi connectivity index (χ0v) is 10.6. The molecular formula is C13H17NO4. The number of benzene rings is 1. The van der Waals surface area contributed by atoms with Crippen LogP contribution in [-0.2, 0) is 9.53 Å². The number of alkyl carbamates (subject to hydrolysis) is 1. The molecule has 0 aliphatic carbocycles. The second kappa shape index (κ2) is 5.53. The maximum absolute atomic E-state index is 11.5. The number of phenolic OH excluding ortho intramolecular Hbond substituents is 1. The number of nitrogens with one attached hydrogen (secondary N) is 1. The van der Waals surface area contributed by atoms with E-state index in [1.54, 1.807) is 32.9 Å². The summed E-state index contributed by atoms with van der Waals surface area (Å²) in [5.74, 6) is 0.0978. The Hall–Kier alpha value is -2.04. The molecule has 98 valence electrons. The Morgan fingerprint density at radius 1 is 1.33 bits per heavy atom. The maximum atomic E-state index is 11.5. The first-order chi connectivity index (χ1) is 8.31. The summed E-state index contributed by atoms with van der Waals surface area (Å²) < 4.78 is 5.06. The second-order valence-electron chi connectivity index (χ2n) is 4.85. The Kier molecular flexibility index (Phi) is 4.31. The Bertz CT molecular complexity index is 420. The van der Waals surface area contributed by atoms with Crippen molar-refractivity contribution in [2.45, 2.75) is 32.4 Å². The average molecular weight is 251 g/mol. The Labute approximate surface area is 106 Å². The minimum atomic E-state index is -0.791. The number of carbonyl (C=O) groups is 2. The number of hydrogen-bond donors (Lipinski definition) is 2. The van der Waals surface area contributed by atoms with Gasteiger partial charge in [-0.05, 0) is 38.5 Å².